The third kappa shape index (κ3) is 29.6. The minimum Gasteiger partial charge on any atom is -0.480 e. The number of carboxylic acids is 1. The molecule has 270 valence electrons. The van der Waals surface area contributed by atoms with E-state index in [2.05, 4.69) is 30.5 Å². The van der Waals surface area contributed by atoms with E-state index < -0.39 is 51.1 Å². The Morgan fingerprint density at radius 2 is 1.09 bits per heavy atom. The van der Waals surface area contributed by atoms with Crippen molar-refractivity contribution in [2.75, 3.05) is 19.8 Å². The molecule has 0 fully saturated rings. The zero-order valence-corrected chi connectivity index (χ0v) is 29.6. The van der Waals surface area contributed by atoms with Gasteiger partial charge >= 0.3 is 25.7 Å². The van der Waals surface area contributed by atoms with Gasteiger partial charge in [0, 0.05) is 12.8 Å². The van der Waals surface area contributed by atoms with Gasteiger partial charge in [0.2, 0.25) is 0 Å². The van der Waals surface area contributed by atoms with Crippen LogP contribution in [0.1, 0.15) is 155 Å². The molecule has 0 aliphatic rings. The van der Waals surface area contributed by atoms with Crippen molar-refractivity contribution < 1.29 is 47.5 Å². The number of aliphatic carboxylic acids is 1. The van der Waals surface area contributed by atoms with Crippen LogP contribution in [0.4, 0.5) is 0 Å². The molecule has 0 aliphatic heterocycles. The van der Waals surface area contributed by atoms with Crippen LogP contribution in [-0.2, 0) is 37.5 Å². The zero-order chi connectivity index (χ0) is 34.3. The first-order valence-corrected chi connectivity index (χ1v) is 19.2. The zero-order valence-electron chi connectivity index (χ0n) is 28.7. The fourth-order valence-electron chi connectivity index (χ4n) is 4.65. The molecule has 46 heavy (non-hydrogen) atoms. The molecular formula is C34H64NO10P. The molecule has 0 radical (unpaired) electrons. The second-order valence-electron chi connectivity index (χ2n) is 12.0. The Bertz CT molecular complexity index is 854. The van der Waals surface area contributed by atoms with Gasteiger partial charge in [0.25, 0.3) is 0 Å². The quantitative estimate of drug-likeness (QED) is 0.0265. The maximum atomic E-state index is 12.5. The Morgan fingerprint density at radius 3 is 1.59 bits per heavy atom. The molecule has 0 spiro atoms. The maximum Gasteiger partial charge on any atom is 0.472 e. The van der Waals surface area contributed by atoms with Crippen LogP contribution in [0.2, 0.25) is 0 Å². The van der Waals surface area contributed by atoms with Crippen molar-refractivity contribution in [1.82, 2.24) is 0 Å². The third-order valence-corrected chi connectivity index (χ3v) is 8.46. The Labute approximate surface area is 278 Å². The summed E-state index contributed by atoms with van der Waals surface area (Å²) < 4.78 is 32.4. The molecule has 0 aromatic carbocycles. The van der Waals surface area contributed by atoms with Gasteiger partial charge in [-0.05, 0) is 38.5 Å². The number of carbonyl (C=O) groups excluding carboxylic acids is 2. The summed E-state index contributed by atoms with van der Waals surface area (Å²) in [7, 11) is -4.70. The molecule has 0 bridgehead atoms. The first kappa shape index (κ1) is 44.2. The molecule has 11 nitrogen and oxygen atoms in total. The van der Waals surface area contributed by atoms with E-state index in [0.29, 0.717) is 12.8 Å². The van der Waals surface area contributed by atoms with Crippen LogP contribution in [0.25, 0.3) is 0 Å². The number of phosphoric ester groups is 1. The number of phosphoric acid groups is 1. The van der Waals surface area contributed by atoms with Crippen LogP contribution in [0, 0.1) is 0 Å². The van der Waals surface area contributed by atoms with Gasteiger partial charge in [-0.25, -0.2) is 4.57 Å². The number of nitrogens with two attached hydrogens (primary N) is 1. The first-order valence-electron chi connectivity index (χ1n) is 17.7. The molecule has 3 atom stereocenters. The second-order valence-corrected chi connectivity index (χ2v) is 13.5. The monoisotopic (exact) mass is 677 g/mol. The molecule has 0 aromatic rings. The second kappa shape index (κ2) is 30.5. The molecule has 1 unspecified atom stereocenters. The highest BCUT2D eigenvalue weighted by Crippen LogP contribution is 2.43. The lowest BCUT2D eigenvalue weighted by atomic mass is 10.1. The first-order chi connectivity index (χ1) is 22.1. The summed E-state index contributed by atoms with van der Waals surface area (Å²) in [6, 6.07) is -1.52. The van der Waals surface area contributed by atoms with E-state index in [9.17, 15) is 23.8 Å². The van der Waals surface area contributed by atoms with Crippen molar-refractivity contribution in [3.05, 3.63) is 12.2 Å². The number of carbonyl (C=O) groups is 3. The largest absolute Gasteiger partial charge is 0.480 e. The fourth-order valence-corrected chi connectivity index (χ4v) is 5.42. The number of rotatable bonds is 33. The molecule has 0 aromatic heterocycles. The summed E-state index contributed by atoms with van der Waals surface area (Å²) in [6.45, 7) is 2.72. The van der Waals surface area contributed by atoms with E-state index in [-0.39, 0.29) is 19.4 Å². The standard InChI is InChI=1S/C34H64NO10P/c1-3-5-7-9-11-13-14-15-16-17-18-20-22-24-26-33(37)45-30(28-43-46(40,41)44-29-31(35)34(38)39)27-42-32(36)25-23-21-19-12-10-8-6-4-2/h14-15,30-31H,3-13,16-29,35H2,1-2H3,(H,38,39)(H,40,41)/b15-14+/t30-,31+/m1/s1. The van der Waals surface area contributed by atoms with E-state index >= 15 is 0 Å². The van der Waals surface area contributed by atoms with Gasteiger partial charge in [-0.15, -0.1) is 0 Å². The van der Waals surface area contributed by atoms with E-state index in [1.807, 2.05) is 0 Å². The van der Waals surface area contributed by atoms with Crippen molar-refractivity contribution in [3.8, 4) is 0 Å². The van der Waals surface area contributed by atoms with Crippen molar-refractivity contribution in [2.45, 2.75) is 167 Å². The smallest absolute Gasteiger partial charge is 0.472 e. The van der Waals surface area contributed by atoms with Crippen LogP contribution < -0.4 is 5.73 Å². The van der Waals surface area contributed by atoms with E-state index in [1.165, 1.54) is 57.8 Å². The van der Waals surface area contributed by atoms with Crippen LogP contribution in [-0.4, -0.2) is 59.9 Å². The van der Waals surface area contributed by atoms with Crippen molar-refractivity contribution in [2.24, 2.45) is 5.73 Å². The summed E-state index contributed by atoms with van der Waals surface area (Å²) in [5, 5.41) is 8.83. The molecule has 0 rings (SSSR count). The van der Waals surface area contributed by atoms with Gasteiger partial charge < -0.3 is 25.2 Å². The Hall–Kier alpha value is -1.78. The molecule has 4 N–H and O–H groups in total. The Kier molecular flexibility index (Phi) is 29.4. The van der Waals surface area contributed by atoms with Crippen molar-refractivity contribution >= 4 is 25.7 Å². The van der Waals surface area contributed by atoms with Gasteiger partial charge in [-0.2, -0.15) is 0 Å². The molecule has 12 heteroatoms. The van der Waals surface area contributed by atoms with Crippen LogP contribution in [0.3, 0.4) is 0 Å². The predicted molar refractivity (Wildman–Crippen MR) is 180 cm³/mol. The number of carboxylic acid groups (broad SMARTS) is 1. The molecule has 0 heterocycles. The minimum atomic E-state index is -4.70. The lowest BCUT2D eigenvalue weighted by Crippen LogP contribution is -2.34. The molecular weight excluding hydrogens is 613 g/mol. The summed E-state index contributed by atoms with van der Waals surface area (Å²) in [5.41, 5.74) is 5.30. The number of ether oxygens (including phenoxy) is 2. The van der Waals surface area contributed by atoms with Gasteiger partial charge in [0.1, 0.15) is 12.6 Å². The number of allylic oxidation sites excluding steroid dienone is 2. The van der Waals surface area contributed by atoms with Crippen LogP contribution in [0.5, 0.6) is 0 Å². The van der Waals surface area contributed by atoms with E-state index in [0.717, 1.165) is 57.8 Å². The summed E-state index contributed by atoms with van der Waals surface area (Å²) >= 11 is 0. The number of unbranched alkanes of at least 4 members (excludes halogenated alkanes) is 17. The SMILES string of the molecule is CCCCCCC/C=C/CCCCCCCC(=O)O[C@H](COC(=O)CCCCCCCCCC)COP(=O)(O)OC[C@H](N)C(=O)O. The molecule has 0 saturated heterocycles. The third-order valence-electron chi connectivity index (χ3n) is 7.51. The Morgan fingerprint density at radius 1 is 0.652 bits per heavy atom. The lowest BCUT2D eigenvalue weighted by Gasteiger charge is -2.20. The lowest BCUT2D eigenvalue weighted by molar-refractivity contribution is -0.161. The average Bonchev–Trinajstić information content (AvgIpc) is 3.02. The van der Waals surface area contributed by atoms with Gasteiger partial charge in [-0.1, -0.05) is 116 Å². The van der Waals surface area contributed by atoms with Crippen molar-refractivity contribution in [1.29, 1.82) is 0 Å². The summed E-state index contributed by atoms with van der Waals surface area (Å²) in [6.07, 6.45) is 25.9. The molecule has 0 saturated carbocycles. The van der Waals surface area contributed by atoms with Gasteiger partial charge in [-0.3, -0.25) is 23.4 Å². The predicted octanol–water partition coefficient (Wildman–Crippen LogP) is 8.17. The summed E-state index contributed by atoms with van der Waals surface area (Å²) in [4.78, 5) is 45.5. The highest BCUT2D eigenvalue weighted by atomic mass is 31.2. The highest BCUT2D eigenvalue weighted by molar-refractivity contribution is 7.47. The van der Waals surface area contributed by atoms with Crippen molar-refractivity contribution in [3.63, 3.8) is 0 Å². The van der Waals surface area contributed by atoms with E-state index in [1.54, 1.807) is 0 Å². The topological polar surface area (TPSA) is 172 Å². The minimum absolute atomic E-state index is 0.154. The maximum absolute atomic E-state index is 12.5. The fraction of sp³-hybridized carbons (Fsp3) is 0.853. The normalized spacial score (nSPS) is 14.2. The Balaban J connectivity index is 4.47. The molecule has 0 aliphatic carbocycles. The highest BCUT2D eigenvalue weighted by Gasteiger charge is 2.28. The summed E-state index contributed by atoms with van der Waals surface area (Å²) in [5.74, 6) is -2.39. The number of hydrogen-bond acceptors (Lipinski definition) is 9. The number of esters is 2. The van der Waals surface area contributed by atoms with Gasteiger partial charge in [0.05, 0.1) is 13.2 Å². The molecule has 0 amide bonds. The average molecular weight is 678 g/mol. The number of hydrogen-bond donors (Lipinski definition) is 3. The van der Waals surface area contributed by atoms with Crippen LogP contribution in [0.15, 0.2) is 12.2 Å². The van der Waals surface area contributed by atoms with Crippen LogP contribution >= 0.6 is 7.82 Å². The van der Waals surface area contributed by atoms with E-state index in [4.69, 9.17) is 24.8 Å². The van der Waals surface area contributed by atoms with Gasteiger partial charge in [0.15, 0.2) is 6.10 Å².